The fourth-order valence-electron chi connectivity index (χ4n) is 1.57. The largest absolute Gasteiger partial charge is 0.384 e. The van der Waals surface area contributed by atoms with Crippen LogP contribution in [-0.2, 0) is 23.8 Å². The van der Waals surface area contributed by atoms with Gasteiger partial charge in [0.25, 0.3) is 10.1 Å². The Morgan fingerprint density at radius 1 is 1.00 bits per heavy atom. The molecule has 0 unspecified atom stereocenters. The van der Waals surface area contributed by atoms with Gasteiger partial charge in [0.1, 0.15) is 0 Å². The zero-order valence-corrected chi connectivity index (χ0v) is 12.3. The SMILES string of the molecule is COCC(COC)COS(=O)(=O)c1ccc(C)cc1. The molecule has 1 aromatic carbocycles. The van der Waals surface area contributed by atoms with E-state index >= 15 is 0 Å². The Kier molecular flexibility index (Phi) is 6.44. The Hall–Kier alpha value is -0.950. The van der Waals surface area contributed by atoms with Crippen LogP contribution in [0.3, 0.4) is 0 Å². The smallest absolute Gasteiger partial charge is 0.296 e. The molecule has 0 N–H and O–H groups in total. The van der Waals surface area contributed by atoms with Gasteiger partial charge in [-0.2, -0.15) is 8.42 Å². The van der Waals surface area contributed by atoms with Gasteiger partial charge >= 0.3 is 0 Å². The fraction of sp³-hybridized carbons (Fsp3) is 0.538. The van der Waals surface area contributed by atoms with Gasteiger partial charge in [0.05, 0.1) is 24.7 Å². The van der Waals surface area contributed by atoms with Crippen molar-refractivity contribution >= 4 is 10.1 Å². The van der Waals surface area contributed by atoms with Crippen molar-refractivity contribution in [3.05, 3.63) is 29.8 Å². The van der Waals surface area contributed by atoms with Gasteiger partial charge in [-0.15, -0.1) is 0 Å². The summed E-state index contributed by atoms with van der Waals surface area (Å²) in [6.45, 7) is 2.71. The maximum absolute atomic E-state index is 12.0. The Morgan fingerprint density at radius 2 is 1.53 bits per heavy atom. The molecule has 0 fully saturated rings. The van der Waals surface area contributed by atoms with Crippen molar-refractivity contribution in [2.75, 3.05) is 34.0 Å². The van der Waals surface area contributed by atoms with E-state index in [4.69, 9.17) is 13.7 Å². The molecule has 0 amide bonds. The second kappa shape index (κ2) is 7.59. The lowest BCUT2D eigenvalue weighted by atomic mass is 10.2. The van der Waals surface area contributed by atoms with Crippen molar-refractivity contribution in [2.24, 2.45) is 5.92 Å². The number of methoxy groups -OCH3 is 2. The Labute approximate surface area is 114 Å². The van der Waals surface area contributed by atoms with E-state index in [2.05, 4.69) is 0 Å². The molecular weight excluding hydrogens is 268 g/mol. The molecule has 0 atom stereocenters. The number of ether oxygens (including phenoxy) is 2. The van der Waals surface area contributed by atoms with Crippen LogP contribution in [0.1, 0.15) is 5.56 Å². The predicted octanol–water partition coefficient (Wildman–Crippen LogP) is 1.61. The van der Waals surface area contributed by atoms with Crippen molar-refractivity contribution in [2.45, 2.75) is 11.8 Å². The first-order valence-corrected chi connectivity index (χ1v) is 7.34. The molecule has 0 aliphatic heterocycles. The van der Waals surface area contributed by atoms with Gasteiger partial charge in [0.15, 0.2) is 0 Å². The van der Waals surface area contributed by atoms with Gasteiger partial charge in [-0.05, 0) is 19.1 Å². The van der Waals surface area contributed by atoms with Crippen LogP contribution in [0.2, 0.25) is 0 Å². The minimum Gasteiger partial charge on any atom is -0.384 e. The summed E-state index contributed by atoms with van der Waals surface area (Å²) in [5.74, 6) is -0.116. The minimum atomic E-state index is -3.72. The summed E-state index contributed by atoms with van der Waals surface area (Å²) in [7, 11) is -0.614. The van der Waals surface area contributed by atoms with Gasteiger partial charge in [0, 0.05) is 20.1 Å². The highest BCUT2D eigenvalue weighted by Crippen LogP contribution is 2.14. The van der Waals surface area contributed by atoms with Crippen LogP contribution in [-0.4, -0.2) is 42.5 Å². The Bertz CT molecular complexity index is 460. The molecule has 0 saturated carbocycles. The maximum atomic E-state index is 12.0. The third-order valence-corrected chi connectivity index (χ3v) is 3.87. The van der Waals surface area contributed by atoms with E-state index in [1.807, 2.05) is 6.92 Å². The second-order valence-electron chi connectivity index (χ2n) is 4.33. The average molecular weight is 288 g/mol. The number of aryl methyl sites for hydroxylation is 1. The van der Waals surface area contributed by atoms with E-state index in [1.54, 1.807) is 26.4 Å². The van der Waals surface area contributed by atoms with Crippen LogP contribution in [0.25, 0.3) is 0 Å². The molecule has 19 heavy (non-hydrogen) atoms. The molecular formula is C13H20O5S. The summed E-state index contributed by atoms with van der Waals surface area (Å²) >= 11 is 0. The third-order valence-electron chi connectivity index (χ3n) is 2.57. The summed E-state index contributed by atoms with van der Waals surface area (Å²) < 4.78 is 38.9. The van der Waals surface area contributed by atoms with Crippen molar-refractivity contribution in [3.8, 4) is 0 Å². The first-order valence-electron chi connectivity index (χ1n) is 5.93. The van der Waals surface area contributed by atoms with Gasteiger partial charge < -0.3 is 9.47 Å². The van der Waals surface area contributed by atoms with Crippen LogP contribution in [0, 0.1) is 12.8 Å². The van der Waals surface area contributed by atoms with Gasteiger partial charge in [-0.25, -0.2) is 0 Å². The summed E-state index contributed by atoms with van der Waals surface area (Å²) in [4.78, 5) is 0.159. The lowest BCUT2D eigenvalue weighted by Crippen LogP contribution is -2.22. The van der Waals surface area contributed by atoms with Crippen LogP contribution >= 0.6 is 0 Å². The number of benzene rings is 1. The van der Waals surface area contributed by atoms with E-state index in [9.17, 15) is 8.42 Å². The Morgan fingerprint density at radius 3 is 2.00 bits per heavy atom. The highest BCUT2D eigenvalue weighted by atomic mass is 32.2. The van der Waals surface area contributed by atoms with E-state index < -0.39 is 10.1 Å². The van der Waals surface area contributed by atoms with E-state index in [0.717, 1.165) is 5.56 Å². The zero-order chi connectivity index (χ0) is 14.3. The highest BCUT2D eigenvalue weighted by molar-refractivity contribution is 7.86. The molecule has 1 rings (SSSR count). The summed E-state index contributed by atoms with van der Waals surface area (Å²) in [6.07, 6.45) is 0. The molecule has 1 aromatic rings. The number of rotatable bonds is 8. The summed E-state index contributed by atoms with van der Waals surface area (Å²) in [5, 5.41) is 0. The van der Waals surface area contributed by atoms with E-state index in [0.29, 0.717) is 13.2 Å². The normalized spacial score (nSPS) is 12.0. The quantitative estimate of drug-likeness (QED) is 0.680. The molecule has 0 spiro atoms. The second-order valence-corrected chi connectivity index (χ2v) is 5.94. The molecule has 5 nitrogen and oxygen atoms in total. The van der Waals surface area contributed by atoms with E-state index in [1.165, 1.54) is 12.1 Å². The van der Waals surface area contributed by atoms with Crippen molar-refractivity contribution in [1.82, 2.24) is 0 Å². The van der Waals surface area contributed by atoms with Gasteiger partial charge in [0.2, 0.25) is 0 Å². The van der Waals surface area contributed by atoms with Crippen molar-refractivity contribution < 1.29 is 22.1 Å². The van der Waals surface area contributed by atoms with E-state index in [-0.39, 0.29) is 17.4 Å². The molecule has 0 aliphatic carbocycles. The number of hydrogen-bond acceptors (Lipinski definition) is 5. The topological polar surface area (TPSA) is 61.8 Å². The minimum absolute atomic E-state index is 0.0396. The first-order chi connectivity index (χ1) is 8.99. The number of hydrogen-bond donors (Lipinski definition) is 0. The predicted molar refractivity (Wildman–Crippen MR) is 71.6 cm³/mol. The van der Waals surface area contributed by atoms with Crippen LogP contribution < -0.4 is 0 Å². The maximum Gasteiger partial charge on any atom is 0.296 e. The van der Waals surface area contributed by atoms with Crippen molar-refractivity contribution in [3.63, 3.8) is 0 Å². The monoisotopic (exact) mass is 288 g/mol. The highest BCUT2D eigenvalue weighted by Gasteiger charge is 2.18. The van der Waals surface area contributed by atoms with Crippen LogP contribution in [0.4, 0.5) is 0 Å². The summed E-state index contributed by atoms with van der Waals surface area (Å²) in [6, 6.07) is 6.54. The van der Waals surface area contributed by atoms with Gasteiger partial charge in [-0.1, -0.05) is 17.7 Å². The molecule has 108 valence electrons. The fourth-order valence-corrected chi connectivity index (χ4v) is 2.55. The third kappa shape index (κ3) is 5.28. The van der Waals surface area contributed by atoms with Crippen LogP contribution in [0.15, 0.2) is 29.2 Å². The lowest BCUT2D eigenvalue weighted by molar-refractivity contribution is 0.0595. The molecule has 0 heterocycles. The molecule has 6 heteroatoms. The molecule has 0 saturated heterocycles. The Balaban J connectivity index is 2.66. The average Bonchev–Trinajstić information content (AvgIpc) is 2.37. The first kappa shape index (κ1) is 16.1. The molecule has 0 radical (unpaired) electrons. The lowest BCUT2D eigenvalue weighted by Gasteiger charge is -2.15. The molecule has 0 aliphatic rings. The van der Waals surface area contributed by atoms with Crippen LogP contribution in [0.5, 0.6) is 0 Å². The standard InChI is InChI=1S/C13H20O5S/c1-11-4-6-13(7-5-11)19(14,15)18-10-12(8-16-2)9-17-3/h4-7,12H,8-10H2,1-3H3. The van der Waals surface area contributed by atoms with Gasteiger partial charge in [-0.3, -0.25) is 4.18 Å². The van der Waals surface area contributed by atoms with Crippen molar-refractivity contribution in [1.29, 1.82) is 0 Å². The zero-order valence-electron chi connectivity index (χ0n) is 11.5. The molecule has 0 bridgehead atoms. The summed E-state index contributed by atoms with van der Waals surface area (Å²) in [5.41, 5.74) is 0.996. The molecule has 0 aromatic heterocycles.